The molecule has 1 aromatic heterocycles. The number of hydrogen-bond acceptors (Lipinski definition) is 10. The number of ether oxygens (including phenoxy) is 2. The maximum absolute atomic E-state index is 13.5. The molecule has 1 aliphatic heterocycles. The first-order valence-corrected chi connectivity index (χ1v) is 25.2. The Kier molecular flexibility index (Phi) is 14.7. The molecular weight excluding hydrogens is 861 g/mol. The molecule has 5 aromatic carbocycles. The maximum Gasteiger partial charge on any atom is 0.412 e. The van der Waals surface area contributed by atoms with Crippen molar-refractivity contribution in [2.75, 3.05) is 36.1 Å². The van der Waals surface area contributed by atoms with Crippen LogP contribution in [0.5, 0.6) is 11.5 Å². The smallest absolute Gasteiger partial charge is 0.412 e. The van der Waals surface area contributed by atoms with Crippen molar-refractivity contribution in [2.24, 2.45) is 5.73 Å². The summed E-state index contributed by atoms with van der Waals surface area (Å²) in [5.74, 6) is 6.33. The maximum atomic E-state index is 13.5. The topological polar surface area (TPSA) is 186 Å². The normalized spacial score (nSPS) is 12.8. The van der Waals surface area contributed by atoms with Crippen molar-refractivity contribution in [3.05, 3.63) is 148 Å². The number of aromatic nitrogens is 1. The highest BCUT2D eigenvalue weighted by Crippen LogP contribution is 2.43. The minimum absolute atomic E-state index is 0.00330. The number of carbonyl (C=O) groups is 3. The lowest BCUT2D eigenvalue weighted by Gasteiger charge is -2.40. The van der Waals surface area contributed by atoms with Gasteiger partial charge in [0, 0.05) is 58.7 Å². The zero-order valence-corrected chi connectivity index (χ0v) is 40.1. The molecule has 7 N–H and O–H groups in total. The first-order chi connectivity index (χ1) is 32.0. The Hall–Kier alpha value is -7.18. The van der Waals surface area contributed by atoms with Crippen LogP contribution in [-0.2, 0) is 22.2 Å². The molecule has 0 saturated heterocycles. The number of amides is 3. The minimum Gasteiger partial charge on any atom is -0.506 e. The molecule has 0 saturated carbocycles. The third-order valence-electron chi connectivity index (χ3n) is 12.3. The van der Waals surface area contributed by atoms with E-state index >= 15 is 0 Å². The molecule has 0 fully saturated rings. The second-order valence-corrected chi connectivity index (χ2v) is 22.9. The number of nitrogens with zero attached hydrogens (tertiary/aromatic N) is 1. The average Bonchev–Trinajstić information content (AvgIpc) is 3.29. The van der Waals surface area contributed by atoms with Crippen LogP contribution in [0.2, 0.25) is 18.1 Å². The summed E-state index contributed by atoms with van der Waals surface area (Å²) >= 11 is 0. The fourth-order valence-electron chi connectivity index (χ4n) is 7.69. The predicted octanol–water partition coefficient (Wildman–Crippen LogP) is 10.5. The number of aromatic hydroxyl groups is 1. The number of phenolic OH excluding ortho intramolecular Hbond substituents is 1. The summed E-state index contributed by atoms with van der Waals surface area (Å²) in [6.45, 7) is 14.3. The van der Waals surface area contributed by atoms with Crippen LogP contribution in [0.1, 0.15) is 93.8 Å². The second kappa shape index (κ2) is 20.5. The number of methoxy groups -OCH3 is 1. The van der Waals surface area contributed by atoms with Crippen molar-refractivity contribution in [1.29, 1.82) is 0 Å². The molecule has 0 aliphatic carbocycles. The molecule has 1 atom stereocenters. The van der Waals surface area contributed by atoms with E-state index in [2.05, 4.69) is 78.0 Å². The summed E-state index contributed by atoms with van der Waals surface area (Å²) in [5, 5.41) is 23.8. The summed E-state index contributed by atoms with van der Waals surface area (Å²) in [6, 6.07) is 29.9. The first-order valence-electron chi connectivity index (χ1n) is 22.3. The zero-order valence-electron chi connectivity index (χ0n) is 39.1. The summed E-state index contributed by atoms with van der Waals surface area (Å²) in [4.78, 5) is 42.6. The number of benzene rings is 5. The van der Waals surface area contributed by atoms with Gasteiger partial charge in [0.25, 0.3) is 11.8 Å². The largest absolute Gasteiger partial charge is 0.506 e. The van der Waals surface area contributed by atoms with E-state index in [1.165, 1.54) is 6.20 Å². The molecule has 67 heavy (non-hydrogen) atoms. The Morgan fingerprint density at radius 3 is 2.51 bits per heavy atom. The van der Waals surface area contributed by atoms with Gasteiger partial charge in [-0.1, -0.05) is 62.9 Å². The van der Waals surface area contributed by atoms with Gasteiger partial charge in [0.1, 0.15) is 18.1 Å². The molecule has 3 amide bonds. The number of hydrogen-bond donors (Lipinski definition) is 6. The summed E-state index contributed by atoms with van der Waals surface area (Å²) in [5.41, 5.74) is 15.0. The Labute approximate surface area is 393 Å². The molecular formula is C53H58N6O7Si. The molecule has 0 unspecified atom stereocenters. The fourth-order valence-corrected chi connectivity index (χ4v) is 8.97. The van der Waals surface area contributed by atoms with Gasteiger partial charge in [-0.15, -0.1) is 0 Å². The summed E-state index contributed by atoms with van der Waals surface area (Å²) < 4.78 is 17.6. The number of primary amides is 1. The number of nitrogens with two attached hydrogens (primary N) is 1. The molecule has 6 aromatic rings. The van der Waals surface area contributed by atoms with Crippen LogP contribution in [0.15, 0.2) is 103 Å². The highest BCUT2D eigenvalue weighted by atomic mass is 28.4. The van der Waals surface area contributed by atoms with E-state index in [1.807, 2.05) is 85.8 Å². The number of anilines is 4. The molecule has 346 valence electrons. The molecule has 14 heteroatoms. The second-order valence-electron chi connectivity index (χ2n) is 18.2. The van der Waals surface area contributed by atoms with Crippen molar-refractivity contribution in [1.82, 2.24) is 10.3 Å². The van der Waals surface area contributed by atoms with Crippen LogP contribution in [0.25, 0.3) is 10.9 Å². The van der Waals surface area contributed by atoms with E-state index in [9.17, 15) is 19.5 Å². The van der Waals surface area contributed by atoms with E-state index in [0.29, 0.717) is 54.3 Å². The van der Waals surface area contributed by atoms with E-state index in [0.717, 1.165) is 56.4 Å². The highest BCUT2D eigenvalue weighted by Gasteiger charge is 2.40. The Morgan fingerprint density at radius 2 is 1.76 bits per heavy atom. The van der Waals surface area contributed by atoms with E-state index in [4.69, 9.17) is 19.6 Å². The summed E-state index contributed by atoms with van der Waals surface area (Å²) in [6.07, 6.45) is 2.62. The minimum atomic E-state index is -2.21. The number of unbranched alkanes of at least 4 members (excludes halogenated alkanes) is 1. The van der Waals surface area contributed by atoms with Gasteiger partial charge in [-0.3, -0.25) is 19.9 Å². The predicted molar refractivity (Wildman–Crippen MR) is 267 cm³/mol. The molecule has 7 rings (SSSR count). The Morgan fingerprint density at radius 1 is 0.985 bits per heavy atom. The number of aryl methyl sites for hydroxylation is 1. The van der Waals surface area contributed by atoms with E-state index in [-0.39, 0.29) is 35.0 Å². The Balaban J connectivity index is 0.946. The molecule has 2 heterocycles. The number of fused-ring (bicyclic) bond motifs is 2. The Bertz CT molecular complexity index is 2880. The third kappa shape index (κ3) is 11.6. The SMILES string of the molecule is COc1cccc(Nc2c(C(N)=O)cnc3c(C)cc(Cc4cccc(C(=O)Nc5ccc(C#CCCCNC[C@H](O[Si](C)(C)C(C)(C)C)c6ccc(O)c7c6COC(=O)N7)cc5)c4)cc23)c1. The van der Waals surface area contributed by atoms with E-state index in [1.54, 1.807) is 19.2 Å². The van der Waals surface area contributed by atoms with Crippen LogP contribution in [0.4, 0.5) is 27.5 Å². The van der Waals surface area contributed by atoms with Gasteiger partial charge in [-0.2, -0.15) is 0 Å². The van der Waals surface area contributed by atoms with Crippen molar-refractivity contribution in [3.8, 4) is 23.3 Å². The standard InChI is InChI=1S/C53H58N6O7Si/c1-33-25-36(28-42-47(33)56-30-43(50(54)61)48(42)57-39-16-12-17-40(29-39)64-5)26-35-14-11-15-37(27-35)51(62)58-38-20-18-34(19-21-38)13-9-8-10-24-55-31-46(66-67(6,7)53(2,3)4)41-22-23-45(60)49-44(41)32-65-52(63)59-49/h11-12,14-23,25,27-30,46,55,60H,8,10,24,26,31-32H2,1-7H3,(H2,54,61)(H,56,57)(H,58,62)(H,59,63)/t46-/m0/s1. The lowest BCUT2D eigenvalue weighted by Crippen LogP contribution is -2.44. The van der Waals surface area contributed by atoms with Gasteiger partial charge in [0.05, 0.1) is 35.7 Å². The number of phenols is 1. The van der Waals surface area contributed by atoms with E-state index < -0.39 is 20.3 Å². The lowest BCUT2D eigenvalue weighted by atomic mass is 9.97. The monoisotopic (exact) mass is 918 g/mol. The summed E-state index contributed by atoms with van der Waals surface area (Å²) in [7, 11) is -0.608. The number of rotatable bonds is 16. The number of cyclic esters (lactones) is 1. The first kappa shape index (κ1) is 47.8. The average molecular weight is 919 g/mol. The van der Waals surface area contributed by atoms with Gasteiger partial charge in [-0.25, -0.2) is 4.79 Å². The number of pyridine rings is 1. The highest BCUT2D eigenvalue weighted by molar-refractivity contribution is 6.74. The fraction of sp³-hybridized carbons (Fsp3) is 0.283. The lowest BCUT2D eigenvalue weighted by molar-refractivity contribution is 0.0998. The van der Waals surface area contributed by atoms with Gasteiger partial charge in [-0.05, 0) is 127 Å². The quantitative estimate of drug-likeness (QED) is 0.0236. The molecule has 0 bridgehead atoms. The van der Waals surface area contributed by atoms with Crippen molar-refractivity contribution < 1.29 is 33.4 Å². The van der Waals surface area contributed by atoms with Crippen LogP contribution in [0.3, 0.4) is 0 Å². The third-order valence-corrected chi connectivity index (χ3v) is 16.8. The van der Waals surface area contributed by atoms with Crippen molar-refractivity contribution in [2.45, 2.75) is 77.8 Å². The number of nitrogens with one attached hydrogen (secondary N) is 4. The molecule has 0 radical (unpaired) electrons. The molecule has 13 nitrogen and oxygen atoms in total. The number of carbonyl (C=O) groups excluding carboxylic acids is 3. The zero-order chi connectivity index (χ0) is 47.9. The molecule has 0 spiro atoms. The van der Waals surface area contributed by atoms with Crippen LogP contribution < -0.4 is 31.7 Å². The van der Waals surface area contributed by atoms with Crippen LogP contribution in [0, 0.1) is 18.8 Å². The van der Waals surface area contributed by atoms with Gasteiger partial charge in [0.15, 0.2) is 8.32 Å². The van der Waals surface area contributed by atoms with Crippen LogP contribution >= 0.6 is 0 Å². The van der Waals surface area contributed by atoms with Crippen LogP contribution in [-0.4, -0.2) is 56.5 Å². The molecule has 1 aliphatic rings. The van der Waals surface area contributed by atoms with Crippen molar-refractivity contribution in [3.63, 3.8) is 0 Å². The van der Waals surface area contributed by atoms with Crippen molar-refractivity contribution >= 4 is 59.9 Å². The van der Waals surface area contributed by atoms with Gasteiger partial charge in [0.2, 0.25) is 0 Å². The van der Waals surface area contributed by atoms with Gasteiger partial charge >= 0.3 is 6.09 Å². The van der Waals surface area contributed by atoms with Gasteiger partial charge < -0.3 is 40.7 Å².